The molecular formula is C10H11NO6. The van der Waals surface area contributed by atoms with Crippen LogP contribution in [-0.4, -0.2) is 30.2 Å². The maximum absolute atomic E-state index is 10.9. The second-order valence-corrected chi connectivity index (χ2v) is 3.14. The fourth-order valence-electron chi connectivity index (χ4n) is 1.46. The summed E-state index contributed by atoms with van der Waals surface area (Å²) in [5, 5.41) is 19.6. The van der Waals surface area contributed by atoms with Crippen molar-refractivity contribution < 1.29 is 24.3 Å². The molecule has 1 aromatic rings. The summed E-state index contributed by atoms with van der Waals surface area (Å²) in [6.45, 7) is 0. The van der Waals surface area contributed by atoms with Gasteiger partial charge in [-0.15, -0.1) is 0 Å². The zero-order valence-corrected chi connectivity index (χ0v) is 9.30. The van der Waals surface area contributed by atoms with E-state index in [0.717, 1.165) is 0 Å². The number of nitro groups is 1. The van der Waals surface area contributed by atoms with Crippen LogP contribution in [0.1, 0.15) is 5.56 Å². The van der Waals surface area contributed by atoms with Crippen LogP contribution >= 0.6 is 0 Å². The van der Waals surface area contributed by atoms with Gasteiger partial charge in [-0.05, 0) is 12.1 Å². The molecule has 0 aliphatic heterocycles. The Morgan fingerprint density at radius 3 is 2.47 bits per heavy atom. The van der Waals surface area contributed by atoms with E-state index in [1.165, 1.54) is 26.4 Å². The molecule has 0 aliphatic carbocycles. The molecule has 0 aromatic heterocycles. The minimum atomic E-state index is -1.15. The normalized spacial score (nSPS) is 9.76. The average Bonchev–Trinajstić information content (AvgIpc) is 2.26. The van der Waals surface area contributed by atoms with E-state index in [1.807, 2.05) is 0 Å². The van der Waals surface area contributed by atoms with Gasteiger partial charge in [0.2, 0.25) is 5.75 Å². The van der Waals surface area contributed by atoms with E-state index in [9.17, 15) is 14.9 Å². The van der Waals surface area contributed by atoms with Crippen LogP contribution in [0.15, 0.2) is 12.1 Å². The molecule has 0 bridgehead atoms. The second kappa shape index (κ2) is 5.15. The highest BCUT2D eigenvalue weighted by Gasteiger charge is 2.25. The number of rotatable bonds is 5. The molecular weight excluding hydrogens is 230 g/mol. The average molecular weight is 241 g/mol. The monoisotopic (exact) mass is 241 g/mol. The van der Waals surface area contributed by atoms with Gasteiger partial charge in [0.25, 0.3) is 0 Å². The molecule has 0 spiro atoms. The van der Waals surface area contributed by atoms with E-state index < -0.39 is 17.3 Å². The number of nitro benzene ring substituents is 1. The van der Waals surface area contributed by atoms with Gasteiger partial charge < -0.3 is 14.6 Å². The number of ether oxygens (including phenoxy) is 2. The molecule has 1 N–H and O–H groups in total. The van der Waals surface area contributed by atoms with Gasteiger partial charge in [0.15, 0.2) is 5.75 Å². The van der Waals surface area contributed by atoms with E-state index >= 15 is 0 Å². The lowest BCUT2D eigenvalue weighted by molar-refractivity contribution is -0.386. The van der Waals surface area contributed by atoms with Crippen molar-refractivity contribution in [1.82, 2.24) is 0 Å². The van der Waals surface area contributed by atoms with Crippen LogP contribution in [-0.2, 0) is 11.2 Å². The Bertz CT molecular complexity index is 456. The molecule has 0 atom stereocenters. The smallest absolute Gasteiger partial charge is 0.318 e. The molecule has 0 saturated heterocycles. The van der Waals surface area contributed by atoms with E-state index in [2.05, 4.69) is 0 Å². The number of hydrogen-bond donors (Lipinski definition) is 1. The minimum Gasteiger partial charge on any atom is -0.493 e. The molecule has 0 amide bonds. The third kappa shape index (κ3) is 2.63. The first kappa shape index (κ1) is 12.8. The number of carboxylic acids is 1. The molecule has 1 aromatic carbocycles. The third-order valence-electron chi connectivity index (χ3n) is 2.13. The zero-order valence-electron chi connectivity index (χ0n) is 9.30. The van der Waals surface area contributed by atoms with Crippen LogP contribution in [0.5, 0.6) is 11.5 Å². The fraction of sp³-hybridized carbons (Fsp3) is 0.300. The van der Waals surface area contributed by atoms with Gasteiger partial charge in [0.1, 0.15) is 0 Å². The van der Waals surface area contributed by atoms with Crippen LogP contribution in [0.2, 0.25) is 0 Å². The number of carboxylic acid groups (broad SMARTS) is 1. The Hall–Kier alpha value is -2.31. The Morgan fingerprint density at radius 1 is 1.41 bits per heavy atom. The molecule has 0 radical (unpaired) electrons. The first-order chi connectivity index (χ1) is 8.01. The number of methoxy groups -OCH3 is 2. The number of benzene rings is 1. The SMILES string of the molecule is COc1ccc(CC(=O)O)c([N+](=O)[O-])c1OC. The highest BCUT2D eigenvalue weighted by molar-refractivity contribution is 5.74. The number of hydrogen-bond acceptors (Lipinski definition) is 5. The van der Waals surface area contributed by atoms with Crippen LogP contribution < -0.4 is 9.47 Å². The summed E-state index contributed by atoms with van der Waals surface area (Å²) in [5.74, 6) is -1.04. The Labute approximate surface area is 96.7 Å². The first-order valence-corrected chi connectivity index (χ1v) is 4.61. The third-order valence-corrected chi connectivity index (χ3v) is 2.13. The predicted octanol–water partition coefficient (Wildman–Crippen LogP) is 1.24. The lowest BCUT2D eigenvalue weighted by atomic mass is 10.1. The minimum absolute atomic E-state index is 0.0696. The summed E-state index contributed by atoms with van der Waals surface area (Å²) >= 11 is 0. The van der Waals surface area contributed by atoms with Crippen LogP contribution in [0.4, 0.5) is 5.69 Å². The summed E-state index contributed by atoms with van der Waals surface area (Å²) in [6.07, 6.45) is -0.448. The summed E-state index contributed by atoms with van der Waals surface area (Å²) in [5.41, 5.74) is -0.311. The van der Waals surface area contributed by atoms with Gasteiger partial charge in [0, 0.05) is 5.56 Å². The standard InChI is InChI=1S/C10H11NO6/c1-16-7-4-3-6(5-8(12)13)9(11(14)15)10(7)17-2/h3-4H,5H2,1-2H3,(H,12,13). The van der Waals surface area contributed by atoms with E-state index in [0.29, 0.717) is 0 Å². The number of carbonyl (C=O) groups is 1. The summed E-state index contributed by atoms with van der Waals surface area (Å²) in [6, 6.07) is 2.78. The number of aliphatic carboxylic acids is 1. The molecule has 7 nitrogen and oxygen atoms in total. The van der Waals surface area contributed by atoms with Crippen LogP contribution in [0.3, 0.4) is 0 Å². The van der Waals surface area contributed by atoms with E-state index in [-0.39, 0.29) is 22.7 Å². The highest BCUT2D eigenvalue weighted by Crippen LogP contribution is 2.39. The lowest BCUT2D eigenvalue weighted by Gasteiger charge is -2.09. The maximum atomic E-state index is 10.9. The van der Waals surface area contributed by atoms with Gasteiger partial charge in [-0.2, -0.15) is 0 Å². The van der Waals surface area contributed by atoms with Crippen molar-refractivity contribution in [1.29, 1.82) is 0 Å². The van der Waals surface area contributed by atoms with Crippen molar-refractivity contribution in [3.8, 4) is 11.5 Å². The van der Waals surface area contributed by atoms with Gasteiger partial charge in [-0.3, -0.25) is 14.9 Å². The van der Waals surface area contributed by atoms with Gasteiger partial charge in [-0.1, -0.05) is 0 Å². The highest BCUT2D eigenvalue weighted by atomic mass is 16.6. The van der Waals surface area contributed by atoms with E-state index in [4.69, 9.17) is 14.6 Å². The topological polar surface area (TPSA) is 98.9 Å². The molecule has 0 saturated carbocycles. The molecule has 0 aliphatic rings. The number of nitrogens with zero attached hydrogens (tertiary/aromatic N) is 1. The van der Waals surface area contributed by atoms with Crippen molar-refractivity contribution >= 4 is 11.7 Å². The van der Waals surface area contributed by atoms with Crippen molar-refractivity contribution in [3.63, 3.8) is 0 Å². The predicted molar refractivity (Wildman–Crippen MR) is 57.5 cm³/mol. The molecule has 0 unspecified atom stereocenters. The van der Waals surface area contributed by atoms with Crippen molar-refractivity contribution in [2.24, 2.45) is 0 Å². The summed E-state index contributed by atoms with van der Waals surface area (Å²) in [7, 11) is 2.61. The quantitative estimate of drug-likeness (QED) is 0.615. The molecule has 0 fully saturated rings. The lowest BCUT2D eigenvalue weighted by Crippen LogP contribution is -2.06. The van der Waals surface area contributed by atoms with Crippen LogP contribution in [0, 0.1) is 10.1 Å². The first-order valence-electron chi connectivity index (χ1n) is 4.61. The van der Waals surface area contributed by atoms with Gasteiger partial charge in [-0.25, -0.2) is 0 Å². The zero-order chi connectivity index (χ0) is 13.0. The second-order valence-electron chi connectivity index (χ2n) is 3.14. The summed E-state index contributed by atoms with van der Waals surface area (Å²) < 4.78 is 9.80. The Balaban J connectivity index is 3.41. The fourth-order valence-corrected chi connectivity index (χ4v) is 1.46. The van der Waals surface area contributed by atoms with Crippen molar-refractivity contribution in [2.45, 2.75) is 6.42 Å². The molecule has 1 rings (SSSR count). The Kier molecular flexibility index (Phi) is 3.86. The van der Waals surface area contributed by atoms with Crippen molar-refractivity contribution in [3.05, 3.63) is 27.8 Å². The van der Waals surface area contributed by atoms with Crippen LogP contribution in [0.25, 0.3) is 0 Å². The van der Waals surface area contributed by atoms with Crippen molar-refractivity contribution in [2.75, 3.05) is 14.2 Å². The largest absolute Gasteiger partial charge is 0.493 e. The molecule has 17 heavy (non-hydrogen) atoms. The molecule has 92 valence electrons. The maximum Gasteiger partial charge on any atom is 0.318 e. The van der Waals surface area contributed by atoms with E-state index in [1.54, 1.807) is 0 Å². The molecule has 7 heteroatoms. The van der Waals surface area contributed by atoms with Gasteiger partial charge in [0.05, 0.1) is 25.6 Å². The summed E-state index contributed by atoms with van der Waals surface area (Å²) in [4.78, 5) is 20.9. The molecule has 0 heterocycles. The van der Waals surface area contributed by atoms with Gasteiger partial charge >= 0.3 is 11.7 Å². The Morgan fingerprint density at radius 2 is 2.06 bits per heavy atom.